The van der Waals surface area contributed by atoms with Crippen LogP contribution in [0.5, 0.6) is 0 Å². The van der Waals surface area contributed by atoms with E-state index in [1.807, 2.05) is 27.9 Å². The fourth-order valence-corrected chi connectivity index (χ4v) is 1.37. The highest BCUT2D eigenvalue weighted by Crippen LogP contribution is 2.12. The predicted octanol–water partition coefficient (Wildman–Crippen LogP) is 1.58. The van der Waals surface area contributed by atoms with Crippen LogP contribution in [0.25, 0.3) is 0 Å². The standard InChI is InChI=1S/C12H20N2O2/c1-9-8-11(16-10(9)2)12(15)13-6-5-7-14(3)4/h8H,5-7H2,1-4H3,(H,13,15). The average Bonchev–Trinajstić information content (AvgIpc) is 2.54. The molecule has 0 saturated carbocycles. The molecule has 1 heterocycles. The van der Waals surface area contributed by atoms with Gasteiger partial charge in [-0.05, 0) is 52.5 Å². The van der Waals surface area contributed by atoms with Crippen molar-refractivity contribution in [2.75, 3.05) is 27.2 Å². The quantitative estimate of drug-likeness (QED) is 0.772. The van der Waals surface area contributed by atoms with E-state index in [2.05, 4.69) is 10.2 Å². The molecule has 0 fully saturated rings. The smallest absolute Gasteiger partial charge is 0.287 e. The van der Waals surface area contributed by atoms with Gasteiger partial charge in [-0.2, -0.15) is 0 Å². The van der Waals surface area contributed by atoms with Crippen molar-refractivity contribution < 1.29 is 9.21 Å². The van der Waals surface area contributed by atoms with E-state index in [4.69, 9.17) is 4.42 Å². The van der Waals surface area contributed by atoms with E-state index in [0.29, 0.717) is 12.3 Å². The third-order valence-corrected chi connectivity index (χ3v) is 2.46. The zero-order valence-electron chi connectivity index (χ0n) is 10.5. The van der Waals surface area contributed by atoms with Crippen LogP contribution in [0.2, 0.25) is 0 Å². The van der Waals surface area contributed by atoms with Gasteiger partial charge in [-0.1, -0.05) is 0 Å². The van der Waals surface area contributed by atoms with E-state index in [1.165, 1.54) is 0 Å². The molecule has 1 aromatic heterocycles. The summed E-state index contributed by atoms with van der Waals surface area (Å²) in [6.07, 6.45) is 0.942. The molecule has 0 saturated heterocycles. The molecule has 0 aliphatic carbocycles. The number of nitrogens with one attached hydrogen (secondary N) is 1. The molecule has 0 bridgehead atoms. The van der Waals surface area contributed by atoms with Crippen LogP contribution in [0.15, 0.2) is 10.5 Å². The van der Waals surface area contributed by atoms with E-state index < -0.39 is 0 Å². The molecular formula is C12H20N2O2. The Morgan fingerprint density at radius 2 is 2.12 bits per heavy atom. The lowest BCUT2D eigenvalue weighted by Gasteiger charge is -2.09. The summed E-state index contributed by atoms with van der Waals surface area (Å²) in [5.74, 6) is 1.08. The second kappa shape index (κ2) is 5.70. The summed E-state index contributed by atoms with van der Waals surface area (Å²) < 4.78 is 5.33. The van der Waals surface area contributed by atoms with Gasteiger partial charge in [-0.25, -0.2) is 0 Å². The summed E-state index contributed by atoms with van der Waals surface area (Å²) >= 11 is 0. The SMILES string of the molecule is Cc1cc(C(=O)NCCCN(C)C)oc1C. The Morgan fingerprint density at radius 1 is 1.44 bits per heavy atom. The number of amides is 1. The lowest BCUT2D eigenvalue weighted by molar-refractivity contribution is 0.0923. The highest BCUT2D eigenvalue weighted by Gasteiger charge is 2.11. The molecule has 0 aliphatic rings. The molecule has 0 aromatic carbocycles. The van der Waals surface area contributed by atoms with Crippen LogP contribution >= 0.6 is 0 Å². The van der Waals surface area contributed by atoms with E-state index >= 15 is 0 Å². The Morgan fingerprint density at radius 3 is 2.62 bits per heavy atom. The maximum atomic E-state index is 11.6. The van der Waals surface area contributed by atoms with Gasteiger partial charge in [0.1, 0.15) is 5.76 Å². The topological polar surface area (TPSA) is 45.5 Å². The zero-order chi connectivity index (χ0) is 12.1. The van der Waals surface area contributed by atoms with Gasteiger partial charge >= 0.3 is 0 Å². The monoisotopic (exact) mass is 224 g/mol. The number of furan rings is 1. The number of nitrogens with zero attached hydrogens (tertiary/aromatic N) is 1. The molecule has 1 amide bonds. The highest BCUT2D eigenvalue weighted by molar-refractivity contribution is 5.91. The van der Waals surface area contributed by atoms with Crippen molar-refractivity contribution in [1.82, 2.24) is 10.2 Å². The van der Waals surface area contributed by atoms with Gasteiger partial charge in [0.25, 0.3) is 5.91 Å². The number of rotatable bonds is 5. The molecule has 1 rings (SSSR count). The van der Waals surface area contributed by atoms with E-state index in [-0.39, 0.29) is 5.91 Å². The minimum atomic E-state index is -0.130. The molecule has 0 spiro atoms. The average molecular weight is 224 g/mol. The lowest BCUT2D eigenvalue weighted by atomic mass is 10.3. The van der Waals surface area contributed by atoms with Crippen molar-refractivity contribution in [2.24, 2.45) is 0 Å². The number of carbonyl (C=O) groups excluding carboxylic acids is 1. The molecular weight excluding hydrogens is 204 g/mol. The predicted molar refractivity (Wildman–Crippen MR) is 63.7 cm³/mol. The molecule has 0 atom stereocenters. The maximum absolute atomic E-state index is 11.6. The third kappa shape index (κ3) is 3.70. The molecule has 0 unspecified atom stereocenters. The molecule has 1 aromatic rings. The first-order valence-corrected chi connectivity index (χ1v) is 5.50. The molecule has 1 N–H and O–H groups in total. The van der Waals surface area contributed by atoms with Gasteiger partial charge in [0.05, 0.1) is 0 Å². The summed E-state index contributed by atoms with van der Waals surface area (Å²) in [6.45, 7) is 5.44. The summed E-state index contributed by atoms with van der Waals surface area (Å²) in [6, 6.07) is 1.77. The van der Waals surface area contributed by atoms with E-state index in [1.54, 1.807) is 6.07 Å². The Hall–Kier alpha value is -1.29. The minimum absolute atomic E-state index is 0.130. The summed E-state index contributed by atoms with van der Waals surface area (Å²) in [4.78, 5) is 13.7. The van der Waals surface area contributed by atoms with Gasteiger partial charge in [0.2, 0.25) is 0 Å². The van der Waals surface area contributed by atoms with Crippen LogP contribution < -0.4 is 5.32 Å². The Labute approximate surface area is 96.6 Å². The van der Waals surface area contributed by atoms with Gasteiger partial charge in [-0.3, -0.25) is 4.79 Å². The summed E-state index contributed by atoms with van der Waals surface area (Å²) in [5, 5.41) is 2.84. The van der Waals surface area contributed by atoms with Crippen molar-refractivity contribution in [3.8, 4) is 0 Å². The van der Waals surface area contributed by atoms with Crippen LogP contribution in [-0.2, 0) is 0 Å². The Balaban J connectivity index is 2.35. The second-order valence-electron chi connectivity index (χ2n) is 4.26. The highest BCUT2D eigenvalue weighted by atomic mass is 16.3. The van der Waals surface area contributed by atoms with Gasteiger partial charge < -0.3 is 14.6 Å². The number of carbonyl (C=O) groups is 1. The van der Waals surface area contributed by atoms with Crippen molar-refractivity contribution in [1.29, 1.82) is 0 Å². The van der Waals surface area contributed by atoms with E-state index in [0.717, 1.165) is 24.3 Å². The largest absolute Gasteiger partial charge is 0.456 e. The Kier molecular flexibility index (Phi) is 4.55. The Bertz CT molecular complexity index is 336. The molecule has 4 nitrogen and oxygen atoms in total. The normalized spacial score (nSPS) is 10.8. The van der Waals surface area contributed by atoms with Crippen molar-refractivity contribution in [3.63, 3.8) is 0 Å². The van der Waals surface area contributed by atoms with Crippen molar-refractivity contribution >= 4 is 5.91 Å². The first-order chi connectivity index (χ1) is 7.50. The van der Waals surface area contributed by atoms with Gasteiger partial charge in [0, 0.05) is 6.54 Å². The molecule has 4 heteroatoms. The first-order valence-electron chi connectivity index (χ1n) is 5.50. The molecule has 0 aliphatic heterocycles. The van der Waals surface area contributed by atoms with Crippen LogP contribution in [0.1, 0.15) is 28.3 Å². The zero-order valence-corrected chi connectivity index (χ0v) is 10.5. The fraction of sp³-hybridized carbons (Fsp3) is 0.583. The van der Waals surface area contributed by atoms with Gasteiger partial charge in [0.15, 0.2) is 5.76 Å². The number of hydrogen-bond donors (Lipinski definition) is 1. The number of hydrogen-bond acceptors (Lipinski definition) is 3. The van der Waals surface area contributed by atoms with Crippen molar-refractivity contribution in [2.45, 2.75) is 20.3 Å². The minimum Gasteiger partial charge on any atom is -0.456 e. The van der Waals surface area contributed by atoms with E-state index in [9.17, 15) is 4.79 Å². The summed E-state index contributed by atoms with van der Waals surface area (Å²) in [7, 11) is 4.03. The van der Waals surface area contributed by atoms with Crippen LogP contribution in [0, 0.1) is 13.8 Å². The first kappa shape index (κ1) is 12.8. The van der Waals surface area contributed by atoms with Gasteiger partial charge in [-0.15, -0.1) is 0 Å². The fourth-order valence-electron chi connectivity index (χ4n) is 1.37. The van der Waals surface area contributed by atoms with Crippen LogP contribution in [0.4, 0.5) is 0 Å². The molecule has 0 radical (unpaired) electrons. The molecule has 16 heavy (non-hydrogen) atoms. The second-order valence-corrected chi connectivity index (χ2v) is 4.26. The van der Waals surface area contributed by atoms with Crippen LogP contribution in [-0.4, -0.2) is 38.0 Å². The molecule has 90 valence electrons. The van der Waals surface area contributed by atoms with Crippen LogP contribution in [0.3, 0.4) is 0 Å². The number of aryl methyl sites for hydroxylation is 2. The summed E-state index contributed by atoms with van der Waals surface area (Å²) in [5.41, 5.74) is 1.01. The van der Waals surface area contributed by atoms with Crippen molar-refractivity contribution in [3.05, 3.63) is 23.2 Å². The lowest BCUT2D eigenvalue weighted by Crippen LogP contribution is -2.26. The third-order valence-electron chi connectivity index (χ3n) is 2.46. The maximum Gasteiger partial charge on any atom is 0.287 e.